The molecular weight excluding hydrogens is 372 g/mol. The minimum atomic E-state index is -0.793. The summed E-state index contributed by atoms with van der Waals surface area (Å²) in [5.74, 6) is -1.79. The maximum atomic E-state index is 12.8. The molecule has 1 aromatic rings. The summed E-state index contributed by atoms with van der Waals surface area (Å²) in [5.41, 5.74) is 7.95. The zero-order valence-corrected chi connectivity index (χ0v) is 17.2. The first kappa shape index (κ1) is 22.0. The molecule has 0 aromatic heterocycles. The largest absolute Gasteiger partial charge is 0.466 e. The van der Waals surface area contributed by atoms with Crippen molar-refractivity contribution in [2.45, 2.75) is 46.0 Å². The Bertz CT molecular complexity index is 875. The Morgan fingerprint density at radius 1 is 1.17 bits per heavy atom. The summed E-state index contributed by atoms with van der Waals surface area (Å²) in [6, 6.07) is 9.60. The number of nitrogens with zero attached hydrogens (tertiary/aromatic N) is 1. The van der Waals surface area contributed by atoms with Crippen LogP contribution in [0.25, 0.3) is 0 Å². The van der Waals surface area contributed by atoms with Crippen molar-refractivity contribution in [3.8, 4) is 6.07 Å². The molecule has 0 amide bonds. The van der Waals surface area contributed by atoms with Crippen molar-refractivity contribution in [1.82, 2.24) is 0 Å². The molecule has 0 saturated carbocycles. The van der Waals surface area contributed by atoms with Gasteiger partial charge in [0.25, 0.3) is 0 Å². The number of carbonyl (C=O) groups is 2. The van der Waals surface area contributed by atoms with Crippen molar-refractivity contribution >= 4 is 11.9 Å². The lowest BCUT2D eigenvalue weighted by Gasteiger charge is -2.28. The minimum Gasteiger partial charge on any atom is -0.466 e. The van der Waals surface area contributed by atoms with Crippen LogP contribution < -0.4 is 5.73 Å². The molecule has 1 aliphatic rings. The summed E-state index contributed by atoms with van der Waals surface area (Å²) < 4.78 is 15.7. The molecule has 0 aliphatic carbocycles. The fourth-order valence-electron chi connectivity index (χ4n) is 3.13. The van der Waals surface area contributed by atoms with Crippen LogP contribution in [-0.2, 0) is 23.8 Å². The summed E-state index contributed by atoms with van der Waals surface area (Å²) >= 11 is 0. The van der Waals surface area contributed by atoms with Gasteiger partial charge in [-0.25, -0.2) is 4.79 Å². The van der Waals surface area contributed by atoms with Crippen LogP contribution in [0.4, 0.5) is 0 Å². The fourth-order valence-corrected chi connectivity index (χ4v) is 3.13. The van der Waals surface area contributed by atoms with Crippen LogP contribution in [0.15, 0.2) is 47.1 Å². The average molecular weight is 398 g/mol. The molecule has 0 bridgehead atoms. The molecule has 154 valence electrons. The summed E-state index contributed by atoms with van der Waals surface area (Å²) in [4.78, 5) is 24.8. The highest BCUT2D eigenvalue weighted by Gasteiger charge is 2.38. The molecule has 0 saturated heterocycles. The van der Waals surface area contributed by atoms with Gasteiger partial charge < -0.3 is 19.9 Å². The number of esters is 2. The Morgan fingerprint density at radius 3 is 2.31 bits per heavy atom. The standard InChI is InChI=1S/C22H26N2O5/c1-5-27-18(25)11-17-20(22(26)28-6-2)19(16(12-23)21(24)29-17)15-9-7-14(8-10-15)13(3)4/h7-10,13,19H,5-6,11,24H2,1-4H3. The van der Waals surface area contributed by atoms with Gasteiger partial charge in [-0.15, -0.1) is 0 Å². The Balaban J connectivity index is 2.62. The maximum Gasteiger partial charge on any atom is 0.338 e. The van der Waals surface area contributed by atoms with Crippen LogP contribution in [0.3, 0.4) is 0 Å². The Kier molecular flexibility index (Phi) is 7.43. The zero-order chi connectivity index (χ0) is 21.6. The van der Waals surface area contributed by atoms with Gasteiger partial charge >= 0.3 is 11.9 Å². The van der Waals surface area contributed by atoms with Crippen molar-refractivity contribution in [2.24, 2.45) is 5.73 Å². The van der Waals surface area contributed by atoms with Crippen molar-refractivity contribution in [1.29, 1.82) is 5.26 Å². The van der Waals surface area contributed by atoms with Gasteiger partial charge in [0.05, 0.1) is 24.7 Å². The van der Waals surface area contributed by atoms with Gasteiger partial charge in [0.1, 0.15) is 23.8 Å². The molecule has 0 radical (unpaired) electrons. The number of allylic oxidation sites excluding steroid dienone is 1. The third kappa shape index (κ3) is 4.96. The molecule has 1 aromatic carbocycles. The SMILES string of the molecule is CCOC(=O)CC1=C(C(=O)OCC)C(c2ccc(C(C)C)cc2)C(C#N)=C(N)O1. The molecule has 0 spiro atoms. The van der Waals surface area contributed by atoms with E-state index in [2.05, 4.69) is 13.8 Å². The van der Waals surface area contributed by atoms with E-state index in [1.165, 1.54) is 0 Å². The molecular formula is C22H26N2O5. The number of ether oxygens (including phenoxy) is 3. The van der Waals surface area contributed by atoms with Gasteiger partial charge in [0, 0.05) is 0 Å². The first-order valence-electron chi connectivity index (χ1n) is 9.57. The maximum absolute atomic E-state index is 12.8. The number of carbonyl (C=O) groups excluding carboxylic acids is 2. The van der Waals surface area contributed by atoms with Crippen LogP contribution in [-0.4, -0.2) is 25.2 Å². The van der Waals surface area contributed by atoms with Crippen LogP contribution in [0.5, 0.6) is 0 Å². The number of hydrogen-bond acceptors (Lipinski definition) is 7. The van der Waals surface area contributed by atoms with E-state index >= 15 is 0 Å². The predicted octanol–water partition coefficient (Wildman–Crippen LogP) is 3.39. The lowest BCUT2D eigenvalue weighted by Crippen LogP contribution is -2.27. The molecule has 1 heterocycles. The van der Waals surface area contributed by atoms with Crippen LogP contribution in [0, 0.1) is 11.3 Å². The molecule has 7 heteroatoms. The van der Waals surface area contributed by atoms with Crippen molar-refractivity contribution in [2.75, 3.05) is 13.2 Å². The highest BCUT2D eigenvalue weighted by atomic mass is 16.5. The fraction of sp³-hybridized carbons (Fsp3) is 0.409. The highest BCUT2D eigenvalue weighted by Crippen LogP contribution is 2.41. The lowest BCUT2D eigenvalue weighted by molar-refractivity contribution is -0.143. The number of nitrogens with two attached hydrogens (primary N) is 1. The Labute approximate surface area is 170 Å². The monoisotopic (exact) mass is 398 g/mol. The third-order valence-corrected chi connectivity index (χ3v) is 4.54. The second-order valence-corrected chi connectivity index (χ2v) is 6.79. The van der Waals surface area contributed by atoms with Crippen LogP contribution in [0.1, 0.15) is 57.1 Å². The summed E-state index contributed by atoms with van der Waals surface area (Å²) in [6.07, 6.45) is -0.290. The molecule has 7 nitrogen and oxygen atoms in total. The van der Waals surface area contributed by atoms with Gasteiger partial charge in [-0.1, -0.05) is 38.1 Å². The van der Waals surface area contributed by atoms with Crippen LogP contribution >= 0.6 is 0 Å². The van der Waals surface area contributed by atoms with E-state index in [-0.39, 0.29) is 42.4 Å². The smallest absolute Gasteiger partial charge is 0.338 e. The van der Waals surface area contributed by atoms with Crippen molar-refractivity contribution in [3.63, 3.8) is 0 Å². The van der Waals surface area contributed by atoms with E-state index < -0.39 is 17.9 Å². The van der Waals surface area contributed by atoms with Gasteiger partial charge in [-0.2, -0.15) is 5.26 Å². The van der Waals surface area contributed by atoms with E-state index in [0.717, 1.165) is 5.56 Å². The molecule has 1 unspecified atom stereocenters. The highest BCUT2D eigenvalue weighted by molar-refractivity contribution is 5.93. The minimum absolute atomic E-state index is 0.0383. The van der Waals surface area contributed by atoms with Crippen molar-refractivity contribution < 1.29 is 23.8 Å². The van der Waals surface area contributed by atoms with Gasteiger partial charge in [0.15, 0.2) is 0 Å². The molecule has 1 aliphatic heterocycles. The number of hydrogen-bond donors (Lipinski definition) is 1. The second-order valence-electron chi connectivity index (χ2n) is 6.79. The molecule has 2 rings (SSSR count). The number of nitriles is 1. The Hall–Kier alpha value is -3.27. The quantitative estimate of drug-likeness (QED) is 0.701. The van der Waals surface area contributed by atoms with Gasteiger partial charge in [-0.05, 0) is 30.9 Å². The van der Waals surface area contributed by atoms with E-state index in [4.69, 9.17) is 19.9 Å². The molecule has 1 atom stereocenters. The topological polar surface area (TPSA) is 112 Å². The molecule has 29 heavy (non-hydrogen) atoms. The predicted molar refractivity (Wildman–Crippen MR) is 106 cm³/mol. The average Bonchev–Trinajstić information content (AvgIpc) is 2.67. The number of benzene rings is 1. The van der Waals surface area contributed by atoms with Gasteiger partial charge in [-0.3, -0.25) is 4.79 Å². The first-order valence-corrected chi connectivity index (χ1v) is 9.57. The molecule has 0 fully saturated rings. The Morgan fingerprint density at radius 2 is 1.79 bits per heavy atom. The van der Waals surface area contributed by atoms with Gasteiger partial charge in [0.2, 0.25) is 5.88 Å². The summed E-state index contributed by atoms with van der Waals surface area (Å²) in [7, 11) is 0. The van der Waals surface area contributed by atoms with E-state index in [1.807, 2.05) is 30.3 Å². The van der Waals surface area contributed by atoms with E-state index in [1.54, 1.807) is 13.8 Å². The second kappa shape index (κ2) is 9.78. The zero-order valence-electron chi connectivity index (χ0n) is 17.2. The lowest BCUT2D eigenvalue weighted by atomic mass is 9.82. The normalized spacial score (nSPS) is 16.3. The molecule has 2 N–H and O–H groups in total. The third-order valence-electron chi connectivity index (χ3n) is 4.54. The first-order chi connectivity index (χ1) is 13.8. The van der Waals surface area contributed by atoms with Crippen molar-refractivity contribution in [3.05, 3.63) is 58.2 Å². The summed E-state index contributed by atoms with van der Waals surface area (Å²) in [6.45, 7) is 7.83. The van der Waals surface area contributed by atoms with Crippen LogP contribution in [0.2, 0.25) is 0 Å². The summed E-state index contributed by atoms with van der Waals surface area (Å²) in [5, 5.41) is 9.68. The van der Waals surface area contributed by atoms with E-state index in [9.17, 15) is 14.9 Å². The number of rotatable bonds is 7. The van der Waals surface area contributed by atoms with E-state index in [0.29, 0.717) is 11.5 Å².